The number of carbonyl (C=O) groups is 2. The molecule has 1 unspecified atom stereocenters. The number of carbonyl (C=O) groups excluding carboxylic acids is 2. The molecule has 1 heterocycles. The first kappa shape index (κ1) is 9.03. The molecule has 1 saturated heterocycles. The van der Waals surface area contributed by atoms with Crippen LogP contribution in [0.3, 0.4) is 0 Å². The molecule has 1 fully saturated rings. The molecule has 2 atom stereocenters. The Morgan fingerprint density at radius 3 is 2.75 bits per heavy atom. The second-order valence-corrected chi connectivity index (χ2v) is 3.09. The van der Waals surface area contributed by atoms with E-state index in [-0.39, 0.29) is 11.9 Å². The Labute approximate surface area is 71.3 Å². The fraction of sp³-hybridized carbons (Fsp3) is 0.750. The molecule has 0 aliphatic carbocycles. The minimum atomic E-state index is -0.571. The summed E-state index contributed by atoms with van der Waals surface area (Å²) in [7, 11) is 0. The summed E-state index contributed by atoms with van der Waals surface area (Å²) in [4.78, 5) is 21.7. The first-order chi connectivity index (χ1) is 5.59. The van der Waals surface area contributed by atoms with Crippen molar-refractivity contribution in [3.05, 3.63) is 0 Å². The Morgan fingerprint density at radius 1 is 1.58 bits per heavy atom. The summed E-state index contributed by atoms with van der Waals surface area (Å²) >= 11 is 0. The molecule has 1 N–H and O–H groups in total. The second kappa shape index (κ2) is 3.56. The quantitative estimate of drug-likeness (QED) is 0.574. The molecule has 1 aliphatic heterocycles. The summed E-state index contributed by atoms with van der Waals surface area (Å²) in [6.45, 7) is 3.24. The van der Waals surface area contributed by atoms with Gasteiger partial charge in [0.05, 0.1) is 0 Å². The number of piperidine rings is 1. The van der Waals surface area contributed by atoms with Crippen LogP contribution in [-0.4, -0.2) is 24.0 Å². The molecule has 1 amide bonds. The number of ether oxygens (including phenoxy) is 1. The van der Waals surface area contributed by atoms with Crippen molar-refractivity contribution < 1.29 is 14.3 Å². The molecule has 1 rings (SSSR count). The third kappa shape index (κ3) is 2.22. The minimum Gasteiger partial charge on any atom is -0.452 e. The van der Waals surface area contributed by atoms with E-state index in [4.69, 9.17) is 4.74 Å². The second-order valence-electron chi connectivity index (χ2n) is 3.09. The summed E-state index contributed by atoms with van der Waals surface area (Å²) < 4.78 is 4.80. The monoisotopic (exact) mass is 171 g/mol. The third-order valence-electron chi connectivity index (χ3n) is 1.85. The predicted molar refractivity (Wildman–Crippen MR) is 42.4 cm³/mol. The lowest BCUT2D eigenvalue weighted by atomic mass is 10.0. The van der Waals surface area contributed by atoms with Crippen LogP contribution in [0.25, 0.3) is 0 Å². The van der Waals surface area contributed by atoms with Crippen LogP contribution < -0.4 is 5.32 Å². The lowest BCUT2D eigenvalue weighted by Crippen LogP contribution is -2.46. The Bertz CT molecular complexity index is 202. The van der Waals surface area contributed by atoms with Crippen LogP contribution in [0.4, 0.5) is 0 Å². The molecular weight excluding hydrogens is 158 g/mol. The molecule has 68 valence electrons. The van der Waals surface area contributed by atoms with Gasteiger partial charge in [0.15, 0.2) is 6.10 Å². The topological polar surface area (TPSA) is 55.4 Å². The van der Waals surface area contributed by atoms with E-state index in [1.807, 2.05) is 6.92 Å². The summed E-state index contributed by atoms with van der Waals surface area (Å²) in [5, 5.41) is 2.72. The Hall–Kier alpha value is -1.06. The van der Waals surface area contributed by atoms with Gasteiger partial charge in [-0.15, -0.1) is 0 Å². The van der Waals surface area contributed by atoms with Crippen molar-refractivity contribution in [1.29, 1.82) is 0 Å². The molecular formula is C8H13NO3. The molecule has 0 spiro atoms. The highest BCUT2D eigenvalue weighted by molar-refractivity contribution is 5.84. The number of hydrogen-bond donors (Lipinski definition) is 1. The van der Waals surface area contributed by atoms with Crippen LogP contribution in [-0.2, 0) is 14.3 Å². The zero-order chi connectivity index (χ0) is 9.14. The van der Waals surface area contributed by atoms with Gasteiger partial charge in [-0.2, -0.15) is 0 Å². The van der Waals surface area contributed by atoms with Gasteiger partial charge in [-0.1, -0.05) is 0 Å². The highest BCUT2D eigenvalue weighted by atomic mass is 16.5. The highest BCUT2D eigenvalue weighted by Crippen LogP contribution is 2.11. The van der Waals surface area contributed by atoms with Crippen LogP contribution in [0.1, 0.15) is 26.7 Å². The van der Waals surface area contributed by atoms with E-state index in [0.29, 0.717) is 6.42 Å². The van der Waals surface area contributed by atoms with E-state index in [1.54, 1.807) is 0 Å². The largest absolute Gasteiger partial charge is 0.452 e. The highest BCUT2D eigenvalue weighted by Gasteiger charge is 2.27. The molecule has 0 radical (unpaired) electrons. The normalized spacial score (nSPS) is 29.3. The van der Waals surface area contributed by atoms with Crippen molar-refractivity contribution in [2.45, 2.75) is 38.8 Å². The molecule has 1 aliphatic rings. The summed E-state index contributed by atoms with van der Waals surface area (Å²) in [6, 6.07) is 0.198. The molecule has 0 aromatic rings. The van der Waals surface area contributed by atoms with Crippen LogP contribution in [0.5, 0.6) is 0 Å². The average molecular weight is 171 g/mol. The van der Waals surface area contributed by atoms with Gasteiger partial charge in [-0.05, 0) is 19.8 Å². The first-order valence-corrected chi connectivity index (χ1v) is 4.07. The Kier molecular flexibility index (Phi) is 2.68. The predicted octanol–water partition coefficient (Wildman–Crippen LogP) is 0.217. The van der Waals surface area contributed by atoms with E-state index in [0.717, 1.165) is 6.42 Å². The van der Waals surface area contributed by atoms with Gasteiger partial charge in [0.1, 0.15) is 0 Å². The van der Waals surface area contributed by atoms with E-state index in [1.165, 1.54) is 6.92 Å². The fourth-order valence-corrected chi connectivity index (χ4v) is 1.25. The number of amides is 1. The van der Waals surface area contributed by atoms with Gasteiger partial charge < -0.3 is 10.1 Å². The molecule has 4 nitrogen and oxygen atoms in total. The number of hydrogen-bond acceptors (Lipinski definition) is 3. The lowest BCUT2D eigenvalue weighted by molar-refractivity contribution is -0.156. The van der Waals surface area contributed by atoms with Crippen molar-refractivity contribution in [3.8, 4) is 0 Å². The summed E-state index contributed by atoms with van der Waals surface area (Å²) in [5.74, 6) is -0.575. The Balaban J connectivity index is 2.45. The SMILES string of the molecule is CC(=O)OC1CC[C@@H](C)NC1=O. The molecule has 0 saturated carbocycles. The standard InChI is InChI=1S/C8H13NO3/c1-5-3-4-7(8(11)9-5)12-6(2)10/h5,7H,3-4H2,1-2H3,(H,9,11)/t5-,7?/m1/s1. The molecule has 0 aromatic heterocycles. The summed E-state index contributed by atoms with van der Waals surface area (Å²) in [5.41, 5.74) is 0. The maximum atomic E-state index is 11.2. The lowest BCUT2D eigenvalue weighted by Gasteiger charge is -2.25. The van der Waals surface area contributed by atoms with Crippen molar-refractivity contribution >= 4 is 11.9 Å². The van der Waals surface area contributed by atoms with Crippen molar-refractivity contribution in [1.82, 2.24) is 5.32 Å². The summed E-state index contributed by atoms with van der Waals surface area (Å²) in [6.07, 6.45) is 0.926. The van der Waals surface area contributed by atoms with Crippen LogP contribution in [0, 0.1) is 0 Å². The van der Waals surface area contributed by atoms with Gasteiger partial charge >= 0.3 is 5.97 Å². The van der Waals surface area contributed by atoms with Gasteiger partial charge in [0.2, 0.25) is 0 Å². The van der Waals surface area contributed by atoms with Crippen LogP contribution in [0.15, 0.2) is 0 Å². The fourth-order valence-electron chi connectivity index (χ4n) is 1.25. The van der Waals surface area contributed by atoms with Crippen molar-refractivity contribution in [2.24, 2.45) is 0 Å². The molecule has 0 aromatic carbocycles. The van der Waals surface area contributed by atoms with Gasteiger partial charge in [-0.25, -0.2) is 0 Å². The van der Waals surface area contributed by atoms with Gasteiger partial charge in [-0.3, -0.25) is 9.59 Å². The van der Waals surface area contributed by atoms with Crippen molar-refractivity contribution in [2.75, 3.05) is 0 Å². The number of rotatable bonds is 1. The number of nitrogens with one attached hydrogen (secondary N) is 1. The van der Waals surface area contributed by atoms with Gasteiger partial charge in [0, 0.05) is 13.0 Å². The zero-order valence-corrected chi connectivity index (χ0v) is 7.29. The maximum absolute atomic E-state index is 11.2. The number of esters is 1. The van der Waals surface area contributed by atoms with E-state index >= 15 is 0 Å². The Morgan fingerprint density at radius 2 is 2.25 bits per heavy atom. The maximum Gasteiger partial charge on any atom is 0.303 e. The zero-order valence-electron chi connectivity index (χ0n) is 7.29. The van der Waals surface area contributed by atoms with E-state index in [2.05, 4.69) is 5.32 Å². The van der Waals surface area contributed by atoms with Crippen LogP contribution in [0.2, 0.25) is 0 Å². The average Bonchev–Trinajstić information content (AvgIpc) is 1.94. The van der Waals surface area contributed by atoms with E-state index < -0.39 is 12.1 Å². The van der Waals surface area contributed by atoms with Crippen molar-refractivity contribution in [3.63, 3.8) is 0 Å². The first-order valence-electron chi connectivity index (χ1n) is 4.07. The molecule has 4 heteroatoms. The molecule has 0 bridgehead atoms. The third-order valence-corrected chi connectivity index (χ3v) is 1.85. The minimum absolute atomic E-state index is 0.177. The van der Waals surface area contributed by atoms with Gasteiger partial charge in [0.25, 0.3) is 5.91 Å². The van der Waals surface area contributed by atoms with Crippen LogP contribution >= 0.6 is 0 Å². The smallest absolute Gasteiger partial charge is 0.303 e. The van der Waals surface area contributed by atoms with E-state index in [9.17, 15) is 9.59 Å². The molecule has 12 heavy (non-hydrogen) atoms.